The molecule has 0 fully saturated rings. The summed E-state index contributed by atoms with van der Waals surface area (Å²) in [5, 5.41) is 4.16. The standard InChI is InChI=1S/C11H10F6N2OS/c12-10(13,14)6-18-5-9(20)19-7-1-3-8(4-2-7)21-11(15,16)17/h1-4,18H,5-6H2,(H,19,20). The van der Waals surface area contributed by atoms with Crippen LogP contribution in [0.4, 0.5) is 32.0 Å². The Morgan fingerprint density at radius 3 is 2.10 bits per heavy atom. The minimum absolute atomic E-state index is 0.0595. The second-order valence-electron chi connectivity index (χ2n) is 3.84. The third-order valence-electron chi connectivity index (χ3n) is 1.98. The fourth-order valence-electron chi connectivity index (χ4n) is 1.26. The number of halogens is 6. The van der Waals surface area contributed by atoms with Gasteiger partial charge in [0.25, 0.3) is 0 Å². The van der Waals surface area contributed by atoms with Gasteiger partial charge in [-0.25, -0.2) is 0 Å². The highest BCUT2D eigenvalue weighted by molar-refractivity contribution is 8.00. The van der Waals surface area contributed by atoms with E-state index >= 15 is 0 Å². The molecule has 1 aromatic rings. The van der Waals surface area contributed by atoms with Crippen molar-refractivity contribution in [2.24, 2.45) is 0 Å². The van der Waals surface area contributed by atoms with E-state index < -0.39 is 30.7 Å². The molecule has 0 aliphatic heterocycles. The normalized spacial score (nSPS) is 12.3. The molecule has 10 heteroatoms. The van der Waals surface area contributed by atoms with Crippen molar-refractivity contribution in [3.63, 3.8) is 0 Å². The number of carbonyl (C=O) groups excluding carboxylic acids is 1. The Bertz CT molecular complexity index is 471. The molecule has 0 aliphatic rings. The van der Waals surface area contributed by atoms with Crippen LogP contribution in [0.25, 0.3) is 0 Å². The van der Waals surface area contributed by atoms with Gasteiger partial charge in [-0.15, -0.1) is 0 Å². The van der Waals surface area contributed by atoms with Crippen molar-refractivity contribution in [2.45, 2.75) is 16.6 Å². The fourth-order valence-corrected chi connectivity index (χ4v) is 1.80. The molecule has 2 N–H and O–H groups in total. The van der Waals surface area contributed by atoms with Crippen LogP contribution in [0.1, 0.15) is 0 Å². The summed E-state index contributed by atoms with van der Waals surface area (Å²) in [6, 6.07) is 4.76. The molecule has 0 saturated carbocycles. The Morgan fingerprint density at radius 1 is 1.05 bits per heavy atom. The summed E-state index contributed by atoms with van der Waals surface area (Å²) in [6.07, 6.45) is -4.42. The zero-order valence-corrected chi connectivity index (χ0v) is 11.1. The van der Waals surface area contributed by atoms with Gasteiger partial charge in [0, 0.05) is 10.6 Å². The van der Waals surface area contributed by atoms with Gasteiger partial charge in [0.05, 0.1) is 13.1 Å². The molecule has 1 rings (SSSR count). The number of nitrogens with one attached hydrogen (secondary N) is 2. The molecule has 1 aromatic carbocycles. The Hall–Kier alpha value is -1.42. The van der Waals surface area contributed by atoms with Crippen LogP contribution in [0.5, 0.6) is 0 Å². The number of hydrogen-bond acceptors (Lipinski definition) is 3. The molecule has 0 aliphatic carbocycles. The van der Waals surface area contributed by atoms with Gasteiger partial charge in [-0.1, -0.05) is 0 Å². The van der Waals surface area contributed by atoms with Crippen LogP contribution in [0.15, 0.2) is 29.2 Å². The van der Waals surface area contributed by atoms with E-state index in [4.69, 9.17) is 0 Å². The van der Waals surface area contributed by atoms with Crippen molar-refractivity contribution in [3.8, 4) is 0 Å². The summed E-state index contributed by atoms with van der Waals surface area (Å²) in [6.45, 7) is -1.86. The zero-order valence-electron chi connectivity index (χ0n) is 10.3. The van der Waals surface area contributed by atoms with E-state index in [1.807, 2.05) is 5.32 Å². The third kappa shape index (κ3) is 8.45. The van der Waals surface area contributed by atoms with Crippen molar-refractivity contribution in [1.82, 2.24) is 5.32 Å². The van der Waals surface area contributed by atoms with Crippen molar-refractivity contribution >= 4 is 23.4 Å². The van der Waals surface area contributed by atoms with E-state index in [-0.39, 0.29) is 22.3 Å². The quantitative estimate of drug-likeness (QED) is 0.641. The summed E-state index contributed by atoms with van der Waals surface area (Å²) in [4.78, 5) is 11.2. The molecule has 3 nitrogen and oxygen atoms in total. The number of alkyl halides is 6. The number of rotatable bonds is 5. The molecule has 21 heavy (non-hydrogen) atoms. The van der Waals surface area contributed by atoms with Gasteiger partial charge < -0.3 is 10.6 Å². The lowest BCUT2D eigenvalue weighted by molar-refractivity contribution is -0.127. The molecule has 118 valence electrons. The highest BCUT2D eigenvalue weighted by Crippen LogP contribution is 2.36. The van der Waals surface area contributed by atoms with Crippen molar-refractivity contribution in [1.29, 1.82) is 0 Å². The summed E-state index contributed by atoms with van der Waals surface area (Å²) in [5.74, 6) is -0.726. The first-order valence-electron chi connectivity index (χ1n) is 5.48. The molecule has 0 atom stereocenters. The average Bonchev–Trinajstić information content (AvgIpc) is 2.28. The number of benzene rings is 1. The third-order valence-corrected chi connectivity index (χ3v) is 2.72. The molecule has 0 bridgehead atoms. The highest BCUT2D eigenvalue weighted by atomic mass is 32.2. The molecule has 0 spiro atoms. The van der Waals surface area contributed by atoms with E-state index in [1.54, 1.807) is 0 Å². The summed E-state index contributed by atoms with van der Waals surface area (Å²) >= 11 is -0.305. The summed E-state index contributed by atoms with van der Waals surface area (Å²) in [7, 11) is 0. The Kier molecular flexibility index (Phi) is 5.90. The van der Waals surface area contributed by atoms with Crippen LogP contribution >= 0.6 is 11.8 Å². The van der Waals surface area contributed by atoms with E-state index in [2.05, 4.69) is 5.32 Å². The lowest BCUT2D eigenvalue weighted by Gasteiger charge is -2.09. The summed E-state index contributed by atoms with van der Waals surface area (Å²) < 4.78 is 71.7. The molecular weight excluding hydrogens is 322 g/mol. The number of hydrogen-bond donors (Lipinski definition) is 2. The Labute approximate surface area is 120 Å². The minimum Gasteiger partial charge on any atom is -0.325 e. The van der Waals surface area contributed by atoms with Gasteiger partial charge in [0.2, 0.25) is 5.91 Å². The van der Waals surface area contributed by atoms with Crippen LogP contribution in [0.3, 0.4) is 0 Å². The number of amides is 1. The molecule has 0 unspecified atom stereocenters. The molecule has 0 saturated heterocycles. The topological polar surface area (TPSA) is 41.1 Å². The van der Waals surface area contributed by atoms with Crippen LogP contribution < -0.4 is 10.6 Å². The van der Waals surface area contributed by atoms with E-state index in [0.717, 1.165) is 12.1 Å². The first-order valence-corrected chi connectivity index (χ1v) is 6.30. The molecule has 1 amide bonds. The van der Waals surface area contributed by atoms with Crippen LogP contribution in [0.2, 0.25) is 0 Å². The van der Waals surface area contributed by atoms with Gasteiger partial charge in [-0.2, -0.15) is 26.3 Å². The maximum absolute atomic E-state index is 12.1. The van der Waals surface area contributed by atoms with Crippen LogP contribution in [0, 0.1) is 0 Å². The van der Waals surface area contributed by atoms with Crippen molar-refractivity contribution in [2.75, 3.05) is 18.4 Å². The largest absolute Gasteiger partial charge is 0.446 e. The Balaban J connectivity index is 2.43. The van der Waals surface area contributed by atoms with Crippen LogP contribution in [-0.2, 0) is 4.79 Å². The van der Waals surface area contributed by atoms with E-state index in [1.165, 1.54) is 12.1 Å². The lowest BCUT2D eigenvalue weighted by Crippen LogP contribution is -2.35. The maximum atomic E-state index is 12.1. The second-order valence-corrected chi connectivity index (χ2v) is 4.98. The van der Waals surface area contributed by atoms with Gasteiger partial charge in [-0.05, 0) is 36.0 Å². The van der Waals surface area contributed by atoms with E-state index in [9.17, 15) is 31.1 Å². The SMILES string of the molecule is O=C(CNCC(F)(F)F)Nc1ccc(SC(F)(F)F)cc1. The Morgan fingerprint density at radius 2 is 1.62 bits per heavy atom. The van der Waals surface area contributed by atoms with Gasteiger partial charge >= 0.3 is 11.7 Å². The van der Waals surface area contributed by atoms with Crippen molar-refractivity contribution < 1.29 is 31.1 Å². The highest BCUT2D eigenvalue weighted by Gasteiger charge is 2.29. The first-order chi connectivity index (χ1) is 9.55. The van der Waals surface area contributed by atoms with Gasteiger partial charge in [-0.3, -0.25) is 4.79 Å². The maximum Gasteiger partial charge on any atom is 0.446 e. The first kappa shape index (κ1) is 17.6. The monoisotopic (exact) mass is 332 g/mol. The second kappa shape index (κ2) is 7.03. The lowest BCUT2D eigenvalue weighted by atomic mass is 10.3. The molecule has 0 radical (unpaired) electrons. The number of anilines is 1. The summed E-state index contributed by atoms with van der Waals surface area (Å²) in [5.41, 5.74) is -4.22. The predicted molar refractivity (Wildman–Crippen MR) is 65.9 cm³/mol. The average molecular weight is 332 g/mol. The zero-order chi connectivity index (χ0) is 16.1. The smallest absolute Gasteiger partial charge is 0.325 e. The van der Waals surface area contributed by atoms with E-state index in [0.29, 0.717) is 0 Å². The van der Waals surface area contributed by atoms with Gasteiger partial charge in [0.1, 0.15) is 0 Å². The molecule has 0 aromatic heterocycles. The van der Waals surface area contributed by atoms with Crippen LogP contribution in [-0.4, -0.2) is 30.7 Å². The number of carbonyl (C=O) groups is 1. The van der Waals surface area contributed by atoms with Crippen molar-refractivity contribution in [3.05, 3.63) is 24.3 Å². The fraction of sp³-hybridized carbons (Fsp3) is 0.364. The molecule has 0 heterocycles. The number of thioether (sulfide) groups is 1. The molecular formula is C11H10F6N2OS. The minimum atomic E-state index is -4.42. The predicted octanol–water partition coefficient (Wildman–Crippen LogP) is 3.39. The van der Waals surface area contributed by atoms with Gasteiger partial charge in [0.15, 0.2) is 0 Å².